The molecule has 0 aromatic heterocycles. The monoisotopic (exact) mass is 423 g/mol. The van der Waals surface area contributed by atoms with Crippen LogP contribution in [0.25, 0.3) is 0 Å². The van der Waals surface area contributed by atoms with E-state index in [9.17, 15) is 13.2 Å². The molecule has 1 aromatic rings. The molecule has 1 saturated carbocycles. The molecule has 162 valence electrons. The molecule has 1 amide bonds. The lowest BCUT2D eigenvalue weighted by atomic mass is 9.96. The van der Waals surface area contributed by atoms with Crippen molar-refractivity contribution >= 4 is 15.9 Å². The average molecular weight is 424 g/mol. The van der Waals surface area contributed by atoms with E-state index in [0.29, 0.717) is 11.3 Å². The highest BCUT2D eigenvalue weighted by atomic mass is 32.2. The molecule has 0 spiro atoms. The minimum Gasteiger partial charge on any atom is -0.484 e. The molecule has 0 atom stereocenters. The maximum Gasteiger partial charge on any atom is 0.258 e. The van der Waals surface area contributed by atoms with Crippen molar-refractivity contribution in [2.45, 2.75) is 68.8 Å². The van der Waals surface area contributed by atoms with Crippen LogP contribution in [0.3, 0.4) is 0 Å². The minimum atomic E-state index is -3.54. The highest BCUT2D eigenvalue weighted by Gasteiger charge is 2.23. The summed E-state index contributed by atoms with van der Waals surface area (Å²) in [5, 5.41) is 3.01. The zero-order valence-corrected chi connectivity index (χ0v) is 18.3. The van der Waals surface area contributed by atoms with E-state index in [4.69, 9.17) is 4.74 Å². The van der Waals surface area contributed by atoms with Crippen LogP contribution < -0.4 is 14.8 Å². The molecule has 7 nitrogen and oxygen atoms in total. The Bertz CT molecular complexity index is 798. The maximum atomic E-state index is 12.7. The van der Waals surface area contributed by atoms with Gasteiger partial charge in [0.25, 0.3) is 5.91 Å². The number of hydrogen-bond donors (Lipinski definition) is 2. The van der Waals surface area contributed by atoms with Gasteiger partial charge in [0.15, 0.2) is 6.61 Å². The molecule has 2 aliphatic rings. The Kier molecular flexibility index (Phi) is 7.54. The molecule has 8 heteroatoms. The van der Waals surface area contributed by atoms with Gasteiger partial charge in [0.1, 0.15) is 5.75 Å². The molecular formula is C21H33N3O4S. The second-order valence-electron chi connectivity index (χ2n) is 8.32. The SMILES string of the molecule is Cc1cc(S(=O)(=O)NC2CCCCC2)ccc1OCC(=O)NC1CCN(C)CC1. The summed E-state index contributed by atoms with van der Waals surface area (Å²) in [5.74, 6) is 0.384. The van der Waals surface area contributed by atoms with Crippen molar-refractivity contribution in [1.82, 2.24) is 14.9 Å². The molecule has 1 saturated heterocycles. The third-order valence-corrected chi connectivity index (χ3v) is 7.34. The number of sulfonamides is 1. The van der Waals surface area contributed by atoms with Gasteiger partial charge in [-0.2, -0.15) is 0 Å². The van der Waals surface area contributed by atoms with Crippen LogP contribution in [0.15, 0.2) is 23.1 Å². The van der Waals surface area contributed by atoms with Gasteiger partial charge in [0.05, 0.1) is 4.90 Å². The molecule has 2 fully saturated rings. The van der Waals surface area contributed by atoms with Crippen LogP contribution in [0.1, 0.15) is 50.5 Å². The summed E-state index contributed by atoms with van der Waals surface area (Å²) in [6.45, 7) is 3.69. The van der Waals surface area contributed by atoms with Crippen LogP contribution in [0, 0.1) is 6.92 Å². The van der Waals surface area contributed by atoms with E-state index in [-0.39, 0.29) is 29.5 Å². The van der Waals surface area contributed by atoms with Crippen LogP contribution in [0.2, 0.25) is 0 Å². The Morgan fingerprint density at radius 3 is 2.45 bits per heavy atom. The fourth-order valence-electron chi connectivity index (χ4n) is 4.02. The summed E-state index contributed by atoms with van der Waals surface area (Å²) < 4.78 is 33.8. The summed E-state index contributed by atoms with van der Waals surface area (Å²) in [6, 6.07) is 5.00. The van der Waals surface area contributed by atoms with Crippen molar-refractivity contribution in [2.24, 2.45) is 0 Å². The first-order valence-electron chi connectivity index (χ1n) is 10.6. The average Bonchev–Trinajstić information content (AvgIpc) is 2.69. The minimum absolute atomic E-state index is 0.0215. The second kappa shape index (κ2) is 9.91. The molecule has 1 heterocycles. The number of nitrogens with zero attached hydrogens (tertiary/aromatic N) is 1. The number of aryl methyl sites for hydroxylation is 1. The number of piperidine rings is 1. The molecule has 0 bridgehead atoms. The Balaban J connectivity index is 1.52. The number of ether oxygens (including phenoxy) is 1. The van der Waals surface area contributed by atoms with E-state index in [1.807, 2.05) is 0 Å². The summed E-state index contributed by atoms with van der Waals surface area (Å²) in [6.07, 6.45) is 6.99. The maximum absolute atomic E-state index is 12.7. The van der Waals surface area contributed by atoms with Crippen LogP contribution in [0.5, 0.6) is 5.75 Å². The first-order valence-corrected chi connectivity index (χ1v) is 12.1. The zero-order chi connectivity index (χ0) is 20.9. The van der Waals surface area contributed by atoms with Gasteiger partial charge in [-0.05, 0) is 76.5 Å². The standard InChI is InChI=1S/C21H33N3O4S/c1-16-14-19(29(26,27)23-18-6-4-3-5-7-18)8-9-20(16)28-15-21(25)22-17-10-12-24(2)13-11-17/h8-9,14,17-18,23H,3-7,10-13,15H2,1-2H3,(H,22,25). The predicted octanol–water partition coefficient (Wildman–Crippen LogP) is 2.20. The lowest BCUT2D eigenvalue weighted by molar-refractivity contribution is -0.124. The number of carbonyl (C=O) groups is 1. The number of rotatable bonds is 7. The Hall–Kier alpha value is -1.64. The van der Waals surface area contributed by atoms with E-state index in [1.165, 1.54) is 6.42 Å². The summed E-state index contributed by atoms with van der Waals surface area (Å²) in [4.78, 5) is 14.7. The Morgan fingerprint density at radius 2 is 1.79 bits per heavy atom. The number of benzene rings is 1. The molecular weight excluding hydrogens is 390 g/mol. The van der Waals surface area contributed by atoms with Crippen LogP contribution in [0.4, 0.5) is 0 Å². The van der Waals surface area contributed by atoms with Gasteiger partial charge in [-0.15, -0.1) is 0 Å². The van der Waals surface area contributed by atoms with E-state index in [0.717, 1.165) is 51.6 Å². The third kappa shape index (κ3) is 6.42. The molecule has 3 rings (SSSR count). The van der Waals surface area contributed by atoms with Gasteiger partial charge in [-0.1, -0.05) is 19.3 Å². The van der Waals surface area contributed by atoms with Gasteiger partial charge in [-0.25, -0.2) is 13.1 Å². The normalized spacial score (nSPS) is 19.8. The largest absolute Gasteiger partial charge is 0.484 e. The van der Waals surface area contributed by atoms with Crippen molar-refractivity contribution in [3.8, 4) is 5.75 Å². The number of likely N-dealkylation sites (tertiary alicyclic amines) is 1. The molecule has 1 aliphatic carbocycles. The third-order valence-electron chi connectivity index (χ3n) is 5.83. The molecule has 0 unspecified atom stereocenters. The van der Waals surface area contributed by atoms with Crippen molar-refractivity contribution in [3.63, 3.8) is 0 Å². The number of nitrogens with one attached hydrogen (secondary N) is 2. The van der Waals surface area contributed by atoms with Crippen molar-refractivity contribution in [1.29, 1.82) is 0 Å². The fourth-order valence-corrected chi connectivity index (χ4v) is 5.41. The van der Waals surface area contributed by atoms with Crippen LogP contribution >= 0.6 is 0 Å². The summed E-state index contributed by atoms with van der Waals surface area (Å²) in [7, 11) is -1.46. The topological polar surface area (TPSA) is 87.7 Å². The smallest absolute Gasteiger partial charge is 0.258 e. The predicted molar refractivity (Wildman–Crippen MR) is 113 cm³/mol. The van der Waals surface area contributed by atoms with Gasteiger partial charge < -0.3 is 15.0 Å². The summed E-state index contributed by atoms with van der Waals surface area (Å²) >= 11 is 0. The van der Waals surface area contributed by atoms with Crippen molar-refractivity contribution < 1.29 is 17.9 Å². The number of carbonyl (C=O) groups excluding carboxylic acids is 1. The van der Waals surface area contributed by atoms with Gasteiger partial charge in [0, 0.05) is 12.1 Å². The number of amides is 1. The Labute approximate surface area is 174 Å². The van der Waals surface area contributed by atoms with Crippen LogP contribution in [-0.4, -0.2) is 58.1 Å². The molecule has 0 radical (unpaired) electrons. The highest BCUT2D eigenvalue weighted by molar-refractivity contribution is 7.89. The highest BCUT2D eigenvalue weighted by Crippen LogP contribution is 2.24. The lowest BCUT2D eigenvalue weighted by Crippen LogP contribution is -2.44. The number of hydrogen-bond acceptors (Lipinski definition) is 5. The first-order chi connectivity index (χ1) is 13.8. The summed E-state index contributed by atoms with van der Waals surface area (Å²) in [5.41, 5.74) is 0.698. The quantitative estimate of drug-likeness (QED) is 0.702. The van der Waals surface area contributed by atoms with E-state index in [2.05, 4.69) is 22.0 Å². The first kappa shape index (κ1) is 22.1. The van der Waals surface area contributed by atoms with Crippen molar-refractivity contribution in [3.05, 3.63) is 23.8 Å². The fraction of sp³-hybridized carbons (Fsp3) is 0.667. The van der Waals surface area contributed by atoms with Gasteiger partial charge >= 0.3 is 0 Å². The van der Waals surface area contributed by atoms with Gasteiger partial charge in [0.2, 0.25) is 10.0 Å². The van der Waals surface area contributed by atoms with E-state index in [1.54, 1.807) is 25.1 Å². The van der Waals surface area contributed by atoms with Crippen molar-refractivity contribution in [2.75, 3.05) is 26.7 Å². The van der Waals surface area contributed by atoms with Gasteiger partial charge in [-0.3, -0.25) is 4.79 Å². The second-order valence-corrected chi connectivity index (χ2v) is 10.0. The molecule has 1 aromatic carbocycles. The van der Waals surface area contributed by atoms with E-state index < -0.39 is 10.0 Å². The van der Waals surface area contributed by atoms with Crippen LogP contribution in [-0.2, 0) is 14.8 Å². The Morgan fingerprint density at radius 1 is 1.10 bits per heavy atom. The zero-order valence-electron chi connectivity index (χ0n) is 17.4. The molecule has 2 N–H and O–H groups in total. The molecule has 29 heavy (non-hydrogen) atoms. The van der Waals surface area contributed by atoms with E-state index >= 15 is 0 Å². The lowest BCUT2D eigenvalue weighted by Gasteiger charge is -2.29. The molecule has 1 aliphatic heterocycles.